The number of H-pyrrole nitrogens is 1. The number of fused-ring (bicyclic) bond motifs is 1. The molecule has 106 valence electrons. The molecule has 3 aliphatic rings. The van der Waals surface area contributed by atoms with E-state index in [0.717, 1.165) is 50.1 Å². The summed E-state index contributed by atoms with van der Waals surface area (Å²) < 4.78 is 5.44. The van der Waals surface area contributed by atoms with Gasteiger partial charge in [-0.3, -0.25) is 9.59 Å². The Kier molecular flexibility index (Phi) is 2.54. The van der Waals surface area contributed by atoms with Gasteiger partial charge in [0.05, 0.1) is 13.2 Å². The van der Waals surface area contributed by atoms with Crippen molar-refractivity contribution in [2.75, 3.05) is 19.8 Å². The molecule has 5 heteroatoms. The Hall–Kier alpha value is -1.62. The van der Waals surface area contributed by atoms with Crippen LogP contribution in [-0.4, -0.2) is 35.5 Å². The fourth-order valence-electron chi connectivity index (χ4n) is 3.65. The topological polar surface area (TPSA) is 62.4 Å². The predicted molar refractivity (Wildman–Crippen MR) is 72.2 cm³/mol. The van der Waals surface area contributed by atoms with Gasteiger partial charge in [0.1, 0.15) is 0 Å². The molecule has 1 saturated carbocycles. The lowest BCUT2D eigenvalue weighted by Gasteiger charge is -2.28. The first kappa shape index (κ1) is 12.1. The molecule has 2 fully saturated rings. The molecule has 2 atom stereocenters. The summed E-state index contributed by atoms with van der Waals surface area (Å²) in [7, 11) is 0. The lowest BCUT2D eigenvalue weighted by atomic mass is 9.99. The van der Waals surface area contributed by atoms with Gasteiger partial charge in [-0.15, -0.1) is 0 Å². The first-order valence-corrected chi connectivity index (χ1v) is 7.26. The maximum Gasteiger partial charge on any atom is 0.253 e. The van der Waals surface area contributed by atoms with Crippen molar-refractivity contribution in [2.24, 2.45) is 11.3 Å². The van der Waals surface area contributed by atoms with Crippen LogP contribution in [0.5, 0.6) is 0 Å². The van der Waals surface area contributed by atoms with E-state index in [1.807, 2.05) is 11.0 Å². The number of pyridine rings is 1. The molecule has 1 aromatic heterocycles. The minimum Gasteiger partial charge on any atom is -0.381 e. The summed E-state index contributed by atoms with van der Waals surface area (Å²) in [5.41, 5.74) is 1.90. The van der Waals surface area contributed by atoms with E-state index in [4.69, 9.17) is 4.74 Å². The molecular formula is C15H18N2O3. The second kappa shape index (κ2) is 4.19. The average molecular weight is 274 g/mol. The van der Waals surface area contributed by atoms with E-state index in [0.29, 0.717) is 6.54 Å². The molecule has 5 nitrogen and oxygen atoms in total. The normalized spacial score (nSPS) is 31.4. The van der Waals surface area contributed by atoms with Gasteiger partial charge in [0, 0.05) is 36.2 Å². The number of hydrogen-bond acceptors (Lipinski definition) is 3. The molecule has 1 spiro atoms. The number of rotatable bonds is 1. The van der Waals surface area contributed by atoms with Crippen LogP contribution in [0.25, 0.3) is 0 Å². The van der Waals surface area contributed by atoms with Crippen LogP contribution in [0.4, 0.5) is 0 Å². The Bertz CT molecular complexity index is 616. The summed E-state index contributed by atoms with van der Waals surface area (Å²) in [6.45, 7) is 2.70. The highest BCUT2D eigenvalue weighted by atomic mass is 16.5. The third-order valence-corrected chi connectivity index (χ3v) is 5.09. The lowest BCUT2D eigenvalue weighted by Crippen LogP contribution is -2.40. The van der Waals surface area contributed by atoms with Crippen LogP contribution < -0.4 is 5.56 Å². The van der Waals surface area contributed by atoms with E-state index < -0.39 is 0 Å². The zero-order valence-electron chi connectivity index (χ0n) is 11.4. The van der Waals surface area contributed by atoms with Crippen LogP contribution in [-0.2, 0) is 22.5 Å². The Balaban J connectivity index is 1.53. The molecule has 4 rings (SSSR count). The second-order valence-electron chi connectivity index (χ2n) is 6.24. The van der Waals surface area contributed by atoms with E-state index in [9.17, 15) is 9.59 Å². The molecule has 0 aromatic carbocycles. The molecule has 1 aromatic rings. The van der Waals surface area contributed by atoms with Gasteiger partial charge >= 0.3 is 0 Å². The molecular weight excluding hydrogens is 256 g/mol. The van der Waals surface area contributed by atoms with Crippen molar-refractivity contribution in [3.8, 4) is 0 Å². The van der Waals surface area contributed by atoms with Crippen molar-refractivity contribution in [2.45, 2.75) is 25.8 Å². The van der Waals surface area contributed by atoms with Crippen molar-refractivity contribution in [1.29, 1.82) is 0 Å². The highest BCUT2D eigenvalue weighted by Crippen LogP contribution is 2.58. The molecule has 1 amide bonds. The zero-order chi connectivity index (χ0) is 13.7. The van der Waals surface area contributed by atoms with Crippen molar-refractivity contribution in [3.63, 3.8) is 0 Å². The number of hydrogen-bond donors (Lipinski definition) is 1. The Morgan fingerprint density at radius 1 is 1.50 bits per heavy atom. The summed E-state index contributed by atoms with van der Waals surface area (Å²) >= 11 is 0. The van der Waals surface area contributed by atoms with Crippen molar-refractivity contribution >= 4 is 5.91 Å². The van der Waals surface area contributed by atoms with E-state index in [2.05, 4.69) is 4.98 Å². The third-order valence-electron chi connectivity index (χ3n) is 5.09. The molecule has 1 saturated heterocycles. The Labute approximate surface area is 116 Å². The molecule has 3 heterocycles. The van der Waals surface area contributed by atoms with Crippen LogP contribution in [0.2, 0.25) is 0 Å². The van der Waals surface area contributed by atoms with Gasteiger partial charge < -0.3 is 14.6 Å². The van der Waals surface area contributed by atoms with E-state index >= 15 is 0 Å². The molecule has 20 heavy (non-hydrogen) atoms. The smallest absolute Gasteiger partial charge is 0.253 e. The average Bonchev–Trinajstić information content (AvgIpc) is 2.95. The largest absolute Gasteiger partial charge is 0.381 e. The van der Waals surface area contributed by atoms with Crippen molar-refractivity contribution in [1.82, 2.24) is 9.88 Å². The first-order valence-electron chi connectivity index (χ1n) is 7.26. The third kappa shape index (κ3) is 1.73. The van der Waals surface area contributed by atoms with Crippen LogP contribution in [0.1, 0.15) is 24.0 Å². The quantitative estimate of drug-likeness (QED) is 0.819. The Morgan fingerprint density at radius 2 is 2.40 bits per heavy atom. The minimum absolute atomic E-state index is 0.0605. The summed E-state index contributed by atoms with van der Waals surface area (Å²) in [4.78, 5) is 29.0. The summed E-state index contributed by atoms with van der Waals surface area (Å²) in [6, 6.07) is 1.95. The minimum atomic E-state index is -0.0605. The maximum atomic E-state index is 12.6. The summed E-state index contributed by atoms with van der Waals surface area (Å²) in [5.74, 6) is 0.332. The summed E-state index contributed by atoms with van der Waals surface area (Å²) in [6.07, 6.45) is 4.43. The van der Waals surface area contributed by atoms with Crippen LogP contribution in [0.15, 0.2) is 17.1 Å². The van der Waals surface area contributed by atoms with E-state index in [1.165, 1.54) is 0 Å². The maximum absolute atomic E-state index is 12.6. The number of aromatic nitrogens is 1. The van der Waals surface area contributed by atoms with Crippen molar-refractivity contribution in [3.05, 3.63) is 33.7 Å². The monoisotopic (exact) mass is 274 g/mol. The van der Waals surface area contributed by atoms with Gasteiger partial charge in [0.15, 0.2) is 0 Å². The number of amides is 1. The number of nitrogens with one attached hydrogen (secondary N) is 1. The predicted octanol–water partition coefficient (Wildman–Crippen LogP) is 0.686. The first-order chi connectivity index (χ1) is 9.70. The van der Waals surface area contributed by atoms with Gasteiger partial charge in [-0.05, 0) is 30.9 Å². The number of aromatic amines is 1. The van der Waals surface area contributed by atoms with Gasteiger partial charge in [-0.1, -0.05) is 0 Å². The standard InChI is InChI=1S/C15H18N2O3/c18-13-11-8-17(5-2-10(11)1-4-16-13)14(19)12-7-15(12)3-6-20-9-15/h1,4,12H,2-3,5-9H2,(H,16,18). The molecule has 0 bridgehead atoms. The van der Waals surface area contributed by atoms with Crippen LogP contribution in [0.3, 0.4) is 0 Å². The molecule has 2 unspecified atom stereocenters. The molecule has 1 aliphatic carbocycles. The summed E-state index contributed by atoms with van der Waals surface area (Å²) in [5, 5.41) is 0. The van der Waals surface area contributed by atoms with E-state index in [-0.39, 0.29) is 22.8 Å². The zero-order valence-corrected chi connectivity index (χ0v) is 11.4. The van der Waals surface area contributed by atoms with Crippen molar-refractivity contribution < 1.29 is 9.53 Å². The Morgan fingerprint density at radius 3 is 3.20 bits per heavy atom. The SMILES string of the molecule is O=C(C1CC12CCOC2)N1CCc2cc[nH]c(=O)c2C1. The highest BCUT2D eigenvalue weighted by molar-refractivity contribution is 5.83. The lowest BCUT2D eigenvalue weighted by molar-refractivity contribution is -0.134. The molecule has 0 radical (unpaired) electrons. The van der Waals surface area contributed by atoms with E-state index in [1.54, 1.807) is 6.20 Å². The number of carbonyl (C=O) groups is 1. The highest BCUT2D eigenvalue weighted by Gasteiger charge is 2.60. The van der Waals surface area contributed by atoms with Crippen LogP contribution >= 0.6 is 0 Å². The van der Waals surface area contributed by atoms with Gasteiger partial charge in [0.25, 0.3) is 5.56 Å². The second-order valence-corrected chi connectivity index (χ2v) is 6.24. The fraction of sp³-hybridized carbons (Fsp3) is 0.600. The number of nitrogens with zero attached hydrogens (tertiary/aromatic N) is 1. The fourth-order valence-corrected chi connectivity index (χ4v) is 3.65. The van der Waals surface area contributed by atoms with Crippen LogP contribution in [0, 0.1) is 11.3 Å². The van der Waals surface area contributed by atoms with Gasteiger partial charge in [-0.2, -0.15) is 0 Å². The molecule has 2 aliphatic heterocycles. The number of ether oxygens (including phenoxy) is 1. The number of carbonyl (C=O) groups excluding carboxylic acids is 1. The molecule has 1 N–H and O–H groups in total. The van der Waals surface area contributed by atoms with Gasteiger partial charge in [0.2, 0.25) is 5.91 Å². The van der Waals surface area contributed by atoms with Gasteiger partial charge in [-0.25, -0.2) is 0 Å².